The van der Waals surface area contributed by atoms with Gasteiger partial charge in [0.1, 0.15) is 16.9 Å². The van der Waals surface area contributed by atoms with Gasteiger partial charge in [0.25, 0.3) is 0 Å². The number of amides is 2. The Bertz CT molecular complexity index is 761. The van der Waals surface area contributed by atoms with Crippen molar-refractivity contribution in [3.05, 3.63) is 30.1 Å². The molecule has 1 aromatic carbocycles. The van der Waals surface area contributed by atoms with Crippen molar-refractivity contribution >= 4 is 28.3 Å². The minimum atomic E-state index is -0.645. The SMILES string of the molecule is CCC(C)C(NC(=O)C(C)C)C(=O)Nc1nnc(-c2ccc(F)cc2)s1. The number of hydrogen-bond donors (Lipinski definition) is 2. The number of nitrogens with one attached hydrogen (secondary N) is 2. The zero-order chi connectivity index (χ0) is 19.3. The lowest BCUT2D eigenvalue weighted by molar-refractivity contribution is -0.129. The Kier molecular flexibility index (Phi) is 6.79. The summed E-state index contributed by atoms with van der Waals surface area (Å²) in [5.74, 6) is -1.06. The molecule has 0 aliphatic rings. The van der Waals surface area contributed by atoms with E-state index in [4.69, 9.17) is 0 Å². The summed E-state index contributed by atoms with van der Waals surface area (Å²) in [6.07, 6.45) is 0.743. The van der Waals surface area contributed by atoms with Gasteiger partial charge in [0.05, 0.1) is 0 Å². The fraction of sp³-hybridized carbons (Fsp3) is 0.444. The summed E-state index contributed by atoms with van der Waals surface area (Å²) >= 11 is 1.19. The predicted molar refractivity (Wildman–Crippen MR) is 100 cm³/mol. The number of nitrogens with zero attached hydrogens (tertiary/aromatic N) is 2. The van der Waals surface area contributed by atoms with Crippen molar-refractivity contribution in [1.29, 1.82) is 0 Å². The Hall–Kier alpha value is -2.35. The van der Waals surface area contributed by atoms with E-state index in [1.807, 2.05) is 13.8 Å². The molecular formula is C18H23FN4O2S. The Labute approximate surface area is 156 Å². The molecule has 6 nitrogen and oxygen atoms in total. The molecule has 1 heterocycles. The van der Waals surface area contributed by atoms with Crippen LogP contribution in [0.2, 0.25) is 0 Å². The smallest absolute Gasteiger partial charge is 0.249 e. The Balaban J connectivity index is 2.11. The van der Waals surface area contributed by atoms with Gasteiger partial charge in [-0.25, -0.2) is 4.39 Å². The molecule has 0 bridgehead atoms. The average Bonchev–Trinajstić information content (AvgIpc) is 3.07. The Morgan fingerprint density at radius 3 is 2.35 bits per heavy atom. The zero-order valence-corrected chi connectivity index (χ0v) is 16.1. The molecule has 0 aliphatic carbocycles. The molecule has 2 rings (SSSR count). The molecule has 0 radical (unpaired) electrons. The third-order valence-corrected chi connectivity index (χ3v) is 4.95. The number of halogens is 1. The molecule has 1 aromatic heterocycles. The highest BCUT2D eigenvalue weighted by molar-refractivity contribution is 7.18. The molecule has 0 saturated carbocycles. The summed E-state index contributed by atoms with van der Waals surface area (Å²) in [5.41, 5.74) is 0.719. The van der Waals surface area contributed by atoms with Crippen LogP contribution in [0.1, 0.15) is 34.1 Å². The maximum absolute atomic E-state index is 13.0. The fourth-order valence-electron chi connectivity index (χ4n) is 2.19. The number of rotatable bonds is 7. The summed E-state index contributed by atoms with van der Waals surface area (Å²) in [6, 6.07) is 5.25. The monoisotopic (exact) mass is 378 g/mol. The van der Waals surface area contributed by atoms with Gasteiger partial charge in [0.15, 0.2) is 0 Å². The van der Waals surface area contributed by atoms with Crippen LogP contribution in [-0.4, -0.2) is 28.1 Å². The number of carbonyl (C=O) groups is 2. The van der Waals surface area contributed by atoms with Crippen LogP contribution >= 0.6 is 11.3 Å². The van der Waals surface area contributed by atoms with Gasteiger partial charge in [-0.3, -0.25) is 14.9 Å². The molecule has 2 unspecified atom stereocenters. The number of hydrogen-bond acceptors (Lipinski definition) is 5. The summed E-state index contributed by atoms with van der Waals surface area (Å²) < 4.78 is 13.0. The van der Waals surface area contributed by atoms with Gasteiger partial charge in [0, 0.05) is 11.5 Å². The van der Waals surface area contributed by atoms with Crippen molar-refractivity contribution in [2.24, 2.45) is 11.8 Å². The molecule has 0 spiro atoms. The van der Waals surface area contributed by atoms with Crippen LogP contribution in [0.4, 0.5) is 9.52 Å². The molecule has 8 heteroatoms. The summed E-state index contributed by atoms with van der Waals surface area (Å²) in [5, 5.41) is 14.4. The van der Waals surface area contributed by atoms with Gasteiger partial charge in [0.2, 0.25) is 16.9 Å². The largest absolute Gasteiger partial charge is 0.344 e. The highest BCUT2D eigenvalue weighted by atomic mass is 32.1. The van der Waals surface area contributed by atoms with Crippen molar-refractivity contribution in [3.63, 3.8) is 0 Å². The first-order chi connectivity index (χ1) is 12.3. The van der Waals surface area contributed by atoms with Crippen LogP contribution in [0.25, 0.3) is 10.6 Å². The lowest BCUT2D eigenvalue weighted by atomic mass is 9.97. The van der Waals surface area contributed by atoms with Gasteiger partial charge in [-0.1, -0.05) is 45.5 Å². The van der Waals surface area contributed by atoms with Crippen LogP contribution in [0, 0.1) is 17.7 Å². The van der Waals surface area contributed by atoms with E-state index in [-0.39, 0.29) is 29.5 Å². The molecule has 2 aromatic rings. The maximum atomic E-state index is 13.0. The second kappa shape index (κ2) is 8.84. The zero-order valence-electron chi connectivity index (χ0n) is 15.2. The van der Waals surface area contributed by atoms with Crippen LogP contribution < -0.4 is 10.6 Å². The molecule has 2 N–H and O–H groups in total. The van der Waals surface area contributed by atoms with E-state index in [1.54, 1.807) is 26.0 Å². The molecule has 26 heavy (non-hydrogen) atoms. The molecule has 140 valence electrons. The topological polar surface area (TPSA) is 84.0 Å². The second-order valence-corrected chi connectivity index (χ2v) is 7.41. The standard InChI is InChI=1S/C18H23FN4O2S/c1-5-11(4)14(20-15(24)10(2)3)16(25)21-18-23-22-17(26-18)12-6-8-13(19)9-7-12/h6-11,14H,5H2,1-4H3,(H,20,24)(H,21,23,25). The van der Waals surface area contributed by atoms with Crippen molar-refractivity contribution in [2.75, 3.05) is 5.32 Å². The van der Waals surface area contributed by atoms with Crippen molar-refractivity contribution in [3.8, 4) is 10.6 Å². The third-order valence-electron chi connectivity index (χ3n) is 4.06. The van der Waals surface area contributed by atoms with Gasteiger partial charge in [-0.15, -0.1) is 10.2 Å². The molecular weight excluding hydrogens is 355 g/mol. The van der Waals surface area contributed by atoms with E-state index in [0.29, 0.717) is 10.1 Å². The van der Waals surface area contributed by atoms with Crippen LogP contribution in [0.5, 0.6) is 0 Å². The Morgan fingerprint density at radius 1 is 1.12 bits per heavy atom. The number of carbonyl (C=O) groups excluding carboxylic acids is 2. The number of benzene rings is 1. The maximum Gasteiger partial charge on any atom is 0.249 e. The lowest BCUT2D eigenvalue weighted by Gasteiger charge is -2.23. The van der Waals surface area contributed by atoms with Crippen LogP contribution in [0.15, 0.2) is 24.3 Å². The predicted octanol–water partition coefficient (Wildman–Crippen LogP) is 3.47. The van der Waals surface area contributed by atoms with Gasteiger partial charge >= 0.3 is 0 Å². The molecule has 2 atom stereocenters. The molecule has 2 amide bonds. The van der Waals surface area contributed by atoms with Gasteiger partial charge < -0.3 is 5.32 Å². The van der Waals surface area contributed by atoms with E-state index in [1.165, 1.54) is 23.5 Å². The normalized spacial score (nSPS) is 13.3. The highest BCUT2D eigenvalue weighted by Gasteiger charge is 2.27. The van der Waals surface area contributed by atoms with Crippen LogP contribution in [-0.2, 0) is 9.59 Å². The quantitative estimate of drug-likeness (QED) is 0.773. The molecule has 0 fully saturated rings. The Morgan fingerprint density at radius 2 is 1.77 bits per heavy atom. The van der Waals surface area contributed by atoms with Gasteiger partial charge in [-0.05, 0) is 30.2 Å². The minimum Gasteiger partial charge on any atom is -0.344 e. The first-order valence-electron chi connectivity index (χ1n) is 8.52. The highest BCUT2D eigenvalue weighted by Crippen LogP contribution is 2.26. The second-order valence-electron chi connectivity index (χ2n) is 6.44. The minimum absolute atomic E-state index is 0.0257. The average molecular weight is 378 g/mol. The first-order valence-corrected chi connectivity index (χ1v) is 9.34. The van der Waals surface area contributed by atoms with E-state index >= 15 is 0 Å². The summed E-state index contributed by atoms with van der Waals surface area (Å²) in [6.45, 7) is 7.43. The van der Waals surface area contributed by atoms with Gasteiger partial charge in [-0.2, -0.15) is 0 Å². The summed E-state index contributed by atoms with van der Waals surface area (Å²) in [4.78, 5) is 24.6. The van der Waals surface area contributed by atoms with E-state index < -0.39 is 6.04 Å². The van der Waals surface area contributed by atoms with E-state index in [0.717, 1.165) is 12.0 Å². The summed E-state index contributed by atoms with van der Waals surface area (Å²) in [7, 11) is 0. The number of aromatic nitrogens is 2. The molecule has 0 saturated heterocycles. The van der Waals surface area contributed by atoms with Crippen molar-refractivity contribution in [1.82, 2.24) is 15.5 Å². The third kappa shape index (κ3) is 5.08. The fourth-order valence-corrected chi connectivity index (χ4v) is 2.94. The van der Waals surface area contributed by atoms with Crippen molar-refractivity contribution in [2.45, 2.75) is 40.2 Å². The molecule has 0 aliphatic heterocycles. The number of anilines is 1. The van der Waals surface area contributed by atoms with E-state index in [2.05, 4.69) is 20.8 Å². The van der Waals surface area contributed by atoms with E-state index in [9.17, 15) is 14.0 Å². The van der Waals surface area contributed by atoms with Crippen molar-refractivity contribution < 1.29 is 14.0 Å². The lowest BCUT2D eigenvalue weighted by Crippen LogP contribution is -2.48. The first kappa shape index (κ1) is 20.0. The van der Waals surface area contributed by atoms with Crippen LogP contribution in [0.3, 0.4) is 0 Å².